The van der Waals surface area contributed by atoms with Gasteiger partial charge in [0.15, 0.2) is 11.5 Å². The molecule has 12 heteroatoms. The van der Waals surface area contributed by atoms with E-state index in [-0.39, 0.29) is 30.6 Å². The first-order valence-electron chi connectivity index (χ1n) is 16.7. The summed E-state index contributed by atoms with van der Waals surface area (Å²) in [6, 6.07) is 17.8. The number of hydrogen-bond donors (Lipinski definition) is 4. The van der Waals surface area contributed by atoms with Crippen molar-refractivity contribution in [1.29, 1.82) is 0 Å². The van der Waals surface area contributed by atoms with Gasteiger partial charge in [0.05, 0.1) is 27.8 Å². The van der Waals surface area contributed by atoms with Crippen LogP contribution in [0.15, 0.2) is 66.7 Å². The summed E-state index contributed by atoms with van der Waals surface area (Å²) in [5.74, 6) is 0.408. The summed E-state index contributed by atoms with van der Waals surface area (Å²) in [5.41, 5.74) is 0.201. The molecule has 0 bridgehead atoms. The van der Waals surface area contributed by atoms with Crippen LogP contribution in [0.1, 0.15) is 45.2 Å². The van der Waals surface area contributed by atoms with Gasteiger partial charge in [-0.15, -0.1) is 0 Å². The SMILES string of the molecule is COc1ccc(C[C@H](NC(=O)Cc2cccc(Oc3ccccc3)c2)C(=O)N[C@H](C(=O)N[C@@]2(CC(C)C)CNC2=O)C(C)C)c(OC)c1OC. The Kier molecular flexibility index (Phi) is 12.7. The third-order valence-electron chi connectivity index (χ3n) is 8.45. The molecular formula is C38H48N4O8. The second kappa shape index (κ2) is 16.9. The van der Waals surface area contributed by atoms with E-state index in [1.54, 1.807) is 50.2 Å². The van der Waals surface area contributed by atoms with Crippen molar-refractivity contribution in [3.8, 4) is 28.7 Å². The fourth-order valence-corrected chi connectivity index (χ4v) is 6.02. The molecule has 0 spiro atoms. The molecule has 0 unspecified atom stereocenters. The molecule has 3 aromatic carbocycles. The molecule has 4 amide bonds. The zero-order chi connectivity index (χ0) is 36.4. The Bertz CT molecular complexity index is 1660. The van der Waals surface area contributed by atoms with Crippen LogP contribution in [0, 0.1) is 11.8 Å². The van der Waals surface area contributed by atoms with Gasteiger partial charge in [0.25, 0.3) is 0 Å². The highest BCUT2D eigenvalue weighted by atomic mass is 16.5. The molecule has 1 aliphatic heterocycles. The normalized spacial score (nSPS) is 16.4. The van der Waals surface area contributed by atoms with Crippen LogP contribution in [0.2, 0.25) is 0 Å². The fourth-order valence-electron chi connectivity index (χ4n) is 6.02. The van der Waals surface area contributed by atoms with E-state index in [0.29, 0.717) is 52.8 Å². The zero-order valence-electron chi connectivity index (χ0n) is 29.8. The Morgan fingerprint density at radius 3 is 2.10 bits per heavy atom. The number of carbonyl (C=O) groups excluding carboxylic acids is 4. The Labute approximate surface area is 293 Å². The Balaban J connectivity index is 1.58. The fraction of sp³-hybridized carbons (Fsp3) is 0.421. The van der Waals surface area contributed by atoms with Gasteiger partial charge in [-0.2, -0.15) is 0 Å². The van der Waals surface area contributed by atoms with Gasteiger partial charge in [-0.05, 0) is 54.2 Å². The highest BCUT2D eigenvalue weighted by Crippen LogP contribution is 2.40. The van der Waals surface area contributed by atoms with Crippen LogP contribution in [0.25, 0.3) is 0 Å². The minimum Gasteiger partial charge on any atom is -0.493 e. The molecule has 3 aromatic rings. The first kappa shape index (κ1) is 37.6. The summed E-state index contributed by atoms with van der Waals surface area (Å²) in [5, 5.41) is 11.4. The quantitative estimate of drug-likeness (QED) is 0.156. The number of ether oxygens (including phenoxy) is 4. The van der Waals surface area contributed by atoms with E-state index in [9.17, 15) is 19.2 Å². The predicted octanol–water partition coefficient (Wildman–Crippen LogP) is 3.95. The summed E-state index contributed by atoms with van der Waals surface area (Å²) in [4.78, 5) is 53.9. The van der Waals surface area contributed by atoms with Crippen LogP contribution in [-0.4, -0.2) is 69.1 Å². The average Bonchev–Trinajstić information content (AvgIpc) is 3.08. The van der Waals surface area contributed by atoms with Crippen LogP contribution in [0.3, 0.4) is 0 Å². The number of hydrogen-bond acceptors (Lipinski definition) is 8. The molecule has 1 heterocycles. The molecule has 0 aliphatic carbocycles. The number of para-hydroxylation sites is 1. The maximum absolute atomic E-state index is 14.1. The lowest BCUT2D eigenvalue weighted by Gasteiger charge is -2.43. The summed E-state index contributed by atoms with van der Waals surface area (Å²) in [6.07, 6.45) is 0.420. The standard InChI is InChI=1S/C38H48N4O8/c1-23(2)21-38(22-39-37(38)46)42-36(45)32(24(3)4)41-35(44)29(20-26-16-17-30(47-5)34(49-7)33(26)48-6)40-31(43)19-25-12-11-15-28(18-25)50-27-13-9-8-10-14-27/h8-18,23-24,29,32H,19-22H2,1-7H3,(H,39,46)(H,40,43)(H,41,44)(H,42,45)/t29-,32-,38-/m0/s1. The minimum absolute atomic E-state index is 0.00435. The Hall–Kier alpha value is -5.26. The van der Waals surface area contributed by atoms with Crippen LogP contribution < -0.4 is 40.2 Å². The van der Waals surface area contributed by atoms with Gasteiger partial charge in [-0.25, -0.2) is 0 Å². The third kappa shape index (κ3) is 9.25. The molecule has 0 saturated carbocycles. The molecule has 1 fully saturated rings. The molecule has 4 rings (SSSR count). The van der Waals surface area contributed by atoms with Crippen molar-refractivity contribution in [1.82, 2.24) is 21.3 Å². The molecule has 1 aliphatic rings. The van der Waals surface area contributed by atoms with Crippen molar-refractivity contribution in [2.45, 2.75) is 64.6 Å². The van der Waals surface area contributed by atoms with E-state index >= 15 is 0 Å². The molecule has 268 valence electrons. The van der Waals surface area contributed by atoms with E-state index in [1.807, 2.05) is 44.2 Å². The van der Waals surface area contributed by atoms with Crippen molar-refractivity contribution in [2.24, 2.45) is 11.8 Å². The highest BCUT2D eigenvalue weighted by Gasteiger charge is 2.49. The van der Waals surface area contributed by atoms with Crippen molar-refractivity contribution in [3.05, 3.63) is 77.9 Å². The lowest BCUT2D eigenvalue weighted by Crippen LogP contribution is -2.75. The predicted molar refractivity (Wildman–Crippen MR) is 189 cm³/mol. The molecule has 0 radical (unpaired) electrons. The lowest BCUT2D eigenvalue weighted by molar-refractivity contribution is -0.142. The summed E-state index contributed by atoms with van der Waals surface area (Å²) in [6.45, 7) is 7.86. The number of methoxy groups -OCH3 is 3. The molecule has 3 atom stereocenters. The topological polar surface area (TPSA) is 153 Å². The van der Waals surface area contributed by atoms with Crippen LogP contribution in [-0.2, 0) is 32.0 Å². The molecule has 50 heavy (non-hydrogen) atoms. The maximum Gasteiger partial charge on any atom is 0.247 e. The molecule has 4 N–H and O–H groups in total. The maximum atomic E-state index is 14.1. The van der Waals surface area contributed by atoms with Crippen molar-refractivity contribution >= 4 is 23.6 Å². The largest absolute Gasteiger partial charge is 0.493 e. The summed E-state index contributed by atoms with van der Waals surface area (Å²) < 4.78 is 22.6. The van der Waals surface area contributed by atoms with Crippen LogP contribution in [0.5, 0.6) is 28.7 Å². The van der Waals surface area contributed by atoms with Gasteiger partial charge >= 0.3 is 0 Å². The van der Waals surface area contributed by atoms with Gasteiger partial charge in [0.1, 0.15) is 29.1 Å². The third-order valence-corrected chi connectivity index (χ3v) is 8.45. The second-order valence-electron chi connectivity index (χ2n) is 13.1. The minimum atomic E-state index is -1.12. The Morgan fingerprint density at radius 1 is 0.820 bits per heavy atom. The van der Waals surface area contributed by atoms with E-state index in [2.05, 4.69) is 21.3 Å². The van der Waals surface area contributed by atoms with E-state index in [4.69, 9.17) is 18.9 Å². The summed E-state index contributed by atoms with van der Waals surface area (Å²) >= 11 is 0. The average molecular weight is 689 g/mol. The smallest absolute Gasteiger partial charge is 0.247 e. The van der Waals surface area contributed by atoms with Crippen molar-refractivity contribution in [2.75, 3.05) is 27.9 Å². The number of benzene rings is 3. The molecule has 0 aromatic heterocycles. The lowest BCUT2D eigenvalue weighted by atomic mass is 9.82. The van der Waals surface area contributed by atoms with Gasteiger partial charge in [0.2, 0.25) is 29.4 Å². The number of nitrogens with one attached hydrogen (secondary N) is 4. The highest BCUT2D eigenvalue weighted by molar-refractivity contribution is 5.99. The van der Waals surface area contributed by atoms with Gasteiger partial charge in [-0.3, -0.25) is 19.2 Å². The number of β-lactam (4-membered cyclic amide) rings is 1. The van der Waals surface area contributed by atoms with E-state index in [1.165, 1.54) is 21.3 Å². The summed E-state index contributed by atoms with van der Waals surface area (Å²) in [7, 11) is 4.46. The molecule has 1 saturated heterocycles. The molecular weight excluding hydrogens is 640 g/mol. The monoisotopic (exact) mass is 688 g/mol. The van der Waals surface area contributed by atoms with E-state index in [0.717, 1.165) is 0 Å². The first-order valence-corrected chi connectivity index (χ1v) is 16.7. The van der Waals surface area contributed by atoms with Crippen molar-refractivity contribution < 1.29 is 38.1 Å². The van der Waals surface area contributed by atoms with Crippen LogP contribution >= 0.6 is 0 Å². The van der Waals surface area contributed by atoms with Crippen molar-refractivity contribution in [3.63, 3.8) is 0 Å². The number of amides is 4. The zero-order valence-corrected chi connectivity index (χ0v) is 29.8. The second-order valence-corrected chi connectivity index (χ2v) is 13.1. The van der Waals surface area contributed by atoms with Gasteiger partial charge < -0.3 is 40.2 Å². The first-order chi connectivity index (χ1) is 23.9. The number of rotatable bonds is 17. The van der Waals surface area contributed by atoms with Gasteiger partial charge in [0, 0.05) is 18.5 Å². The van der Waals surface area contributed by atoms with Crippen LogP contribution in [0.4, 0.5) is 0 Å². The van der Waals surface area contributed by atoms with E-state index < -0.39 is 35.3 Å². The number of carbonyl (C=O) groups is 4. The molecule has 12 nitrogen and oxygen atoms in total. The van der Waals surface area contributed by atoms with Gasteiger partial charge in [-0.1, -0.05) is 64.1 Å². The Morgan fingerprint density at radius 2 is 1.52 bits per heavy atom.